The van der Waals surface area contributed by atoms with Crippen molar-refractivity contribution in [2.24, 2.45) is 0 Å². The number of aromatic carboxylic acids is 1. The zero-order valence-electron chi connectivity index (χ0n) is 11.3. The largest absolute Gasteiger partial charge is 0.496 e. The van der Waals surface area contributed by atoms with E-state index >= 15 is 0 Å². The number of nitrogens with one attached hydrogen (secondary N) is 1. The normalized spacial score (nSPS) is 10.2. The molecule has 0 amide bonds. The lowest BCUT2D eigenvalue weighted by Gasteiger charge is -2.10. The predicted molar refractivity (Wildman–Crippen MR) is 76.9 cm³/mol. The molecule has 0 fully saturated rings. The van der Waals surface area contributed by atoms with Crippen LogP contribution in [0.2, 0.25) is 0 Å². The third-order valence-electron chi connectivity index (χ3n) is 3.07. The van der Waals surface area contributed by atoms with Crippen molar-refractivity contribution in [3.05, 3.63) is 65.2 Å². The quantitative estimate of drug-likeness (QED) is 0.848. The Balaban J connectivity index is 2.01. The Hall–Kier alpha value is -2.33. The van der Waals surface area contributed by atoms with Crippen molar-refractivity contribution in [2.75, 3.05) is 7.11 Å². The van der Waals surface area contributed by atoms with Crippen LogP contribution in [0.1, 0.15) is 21.5 Å². The molecule has 4 heteroatoms. The number of ether oxygens (including phenoxy) is 1. The van der Waals surface area contributed by atoms with Crippen molar-refractivity contribution < 1.29 is 14.6 Å². The van der Waals surface area contributed by atoms with Gasteiger partial charge >= 0.3 is 5.97 Å². The average molecular weight is 271 g/mol. The number of hydrogen-bond donors (Lipinski definition) is 2. The number of methoxy groups -OCH3 is 1. The molecule has 0 heterocycles. The monoisotopic (exact) mass is 271 g/mol. The first kappa shape index (κ1) is 14.1. The van der Waals surface area contributed by atoms with Gasteiger partial charge < -0.3 is 15.2 Å². The Morgan fingerprint density at radius 3 is 2.35 bits per heavy atom. The van der Waals surface area contributed by atoms with Gasteiger partial charge in [-0.3, -0.25) is 0 Å². The molecule has 2 rings (SSSR count). The van der Waals surface area contributed by atoms with E-state index in [9.17, 15) is 4.79 Å². The average Bonchev–Trinajstić information content (AvgIpc) is 2.48. The molecular weight excluding hydrogens is 254 g/mol. The van der Waals surface area contributed by atoms with Crippen LogP contribution >= 0.6 is 0 Å². The molecule has 0 saturated carbocycles. The van der Waals surface area contributed by atoms with Crippen LogP contribution in [-0.2, 0) is 13.1 Å². The fourth-order valence-electron chi connectivity index (χ4n) is 2.06. The summed E-state index contributed by atoms with van der Waals surface area (Å²) in [5.74, 6) is -0.0776. The van der Waals surface area contributed by atoms with E-state index in [1.807, 2.05) is 36.4 Å². The summed E-state index contributed by atoms with van der Waals surface area (Å²) >= 11 is 0. The van der Waals surface area contributed by atoms with E-state index < -0.39 is 5.97 Å². The Kier molecular flexibility index (Phi) is 4.74. The summed E-state index contributed by atoms with van der Waals surface area (Å²) in [6, 6.07) is 14.8. The van der Waals surface area contributed by atoms with Crippen molar-refractivity contribution in [1.29, 1.82) is 0 Å². The van der Waals surface area contributed by atoms with Gasteiger partial charge in [0.05, 0.1) is 12.7 Å². The minimum Gasteiger partial charge on any atom is -0.496 e. The van der Waals surface area contributed by atoms with Gasteiger partial charge in [0.25, 0.3) is 0 Å². The maximum absolute atomic E-state index is 11.1. The van der Waals surface area contributed by atoms with Crippen molar-refractivity contribution in [3.63, 3.8) is 0 Å². The molecule has 0 spiro atoms. The lowest BCUT2D eigenvalue weighted by molar-refractivity contribution is 0.0695. The van der Waals surface area contributed by atoms with E-state index in [0.717, 1.165) is 16.9 Å². The fraction of sp³-hybridized carbons (Fsp3) is 0.188. The van der Waals surface area contributed by atoms with Gasteiger partial charge in [-0.1, -0.05) is 36.4 Å². The molecule has 0 unspecified atom stereocenters. The molecule has 0 radical (unpaired) electrons. The highest BCUT2D eigenvalue weighted by molar-refractivity contribution is 5.89. The second-order valence-electron chi connectivity index (χ2n) is 4.38. The van der Waals surface area contributed by atoms with Gasteiger partial charge in [-0.05, 0) is 17.7 Å². The van der Waals surface area contributed by atoms with Crippen molar-refractivity contribution in [2.45, 2.75) is 13.1 Å². The minimum absolute atomic E-state index is 0.333. The first-order chi connectivity index (χ1) is 9.72. The maximum atomic E-state index is 11.1. The Labute approximate surface area is 118 Å². The van der Waals surface area contributed by atoms with Crippen molar-refractivity contribution in [3.8, 4) is 5.75 Å². The third-order valence-corrected chi connectivity index (χ3v) is 3.07. The van der Waals surface area contributed by atoms with E-state index in [-0.39, 0.29) is 0 Å². The van der Waals surface area contributed by atoms with Gasteiger partial charge in [-0.25, -0.2) is 4.79 Å². The summed E-state index contributed by atoms with van der Waals surface area (Å²) in [7, 11) is 1.64. The molecule has 0 aliphatic carbocycles. The molecule has 4 nitrogen and oxygen atoms in total. The molecule has 20 heavy (non-hydrogen) atoms. The number of carboxylic acid groups (broad SMARTS) is 1. The molecule has 2 N–H and O–H groups in total. The van der Waals surface area contributed by atoms with Gasteiger partial charge in [0, 0.05) is 18.7 Å². The van der Waals surface area contributed by atoms with Crippen LogP contribution in [-0.4, -0.2) is 18.2 Å². The molecule has 0 saturated heterocycles. The summed E-state index contributed by atoms with van der Waals surface area (Å²) in [5, 5.41) is 12.4. The lowest BCUT2D eigenvalue weighted by Crippen LogP contribution is -2.15. The molecule has 2 aromatic carbocycles. The SMILES string of the molecule is COc1ccccc1CNCc1ccccc1C(=O)O. The summed E-state index contributed by atoms with van der Waals surface area (Å²) in [6.07, 6.45) is 0. The second-order valence-corrected chi connectivity index (χ2v) is 4.38. The summed E-state index contributed by atoms with van der Waals surface area (Å²) in [5.41, 5.74) is 2.15. The highest BCUT2D eigenvalue weighted by Crippen LogP contribution is 2.17. The summed E-state index contributed by atoms with van der Waals surface area (Å²) in [6.45, 7) is 1.12. The Morgan fingerprint density at radius 2 is 1.65 bits per heavy atom. The molecule has 0 bridgehead atoms. The van der Waals surface area contributed by atoms with Gasteiger partial charge in [-0.2, -0.15) is 0 Å². The van der Waals surface area contributed by atoms with Crippen LogP contribution in [0, 0.1) is 0 Å². The van der Waals surface area contributed by atoms with E-state index in [1.165, 1.54) is 0 Å². The van der Waals surface area contributed by atoms with Crippen LogP contribution in [0.3, 0.4) is 0 Å². The summed E-state index contributed by atoms with van der Waals surface area (Å²) in [4.78, 5) is 11.1. The maximum Gasteiger partial charge on any atom is 0.336 e. The molecule has 0 aromatic heterocycles. The number of hydrogen-bond acceptors (Lipinski definition) is 3. The number of benzene rings is 2. The summed E-state index contributed by atoms with van der Waals surface area (Å²) < 4.78 is 5.28. The minimum atomic E-state index is -0.903. The Morgan fingerprint density at radius 1 is 1.05 bits per heavy atom. The zero-order valence-corrected chi connectivity index (χ0v) is 11.3. The Bertz CT molecular complexity index is 596. The van der Waals surface area contributed by atoms with E-state index in [4.69, 9.17) is 9.84 Å². The van der Waals surface area contributed by atoms with Crippen LogP contribution in [0.5, 0.6) is 5.75 Å². The van der Waals surface area contributed by atoms with Gasteiger partial charge in [0.2, 0.25) is 0 Å². The molecular formula is C16H17NO3. The number of para-hydroxylation sites is 1. The zero-order chi connectivity index (χ0) is 14.4. The second kappa shape index (κ2) is 6.73. The first-order valence-electron chi connectivity index (χ1n) is 6.36. The van der Waals surface area contributed by atoms with Crippen molar-refractivity contribution in [1.82, 2.24) is 5.32 Å². The van der Waals surface area contributed by atoms with Crippen LogP contribution in [0.25, 0.3) is 0 Å². The van der Waals surface area contributed by atoms with E-state index in [0.29, 0.717) is 18.7 Å². The molecule has 2 aromatic rings. The molecule has 0 aliphatic heterocycles. The topological polar surface area (TPSA) is 58.6 Å². The van der Waals surface area contributed by atoms with Gasteiger partial charge in [0.15, 0.2) is 0 Å². The highest BCUT2D eigenvalue weighted by Gasteiger charge is 2.08. The smallest absolute Gasteiger partial charge is 0.336 e. The fourth-order valence-corrected chi connectivity index (χ4v) is 2.06. The molecule has 0 aliphatic rings. The van der Waals surface area contributed by atoms with Crippen molar-refractivity contribution >= 4 is 5.97 Å². The van der Waals surface area contributed by atoms with E-state index in [2.05, 4.69) is 5.32 Å². The highest BCUT2D eigenvalue weighted by atomic mass is 16.5. The van der Waals surface area contributed by atoms with Gasteiger partial charge in [-0.15, -0.1) is 0 Å². The van der Waals surface area contributed by atoms with E-state index in [1.54, 1.807) is 19.2 Å². The van der Waals surface area contributed by atoms with Crippen LogP contribution in [0.4, 0.5) is 0 Å². The van der Waals surface area contributed by atoms with Gasteiger partial charge in [0.1, 0.15) is 5.75 Å². The third kappa shape index (κ3) is 3.36. The predicted octanol–water partition coefficient (Wildman–Crippen LogP) is 2.68. The molecule has 0 atom stereocenters. The molecule has 104 valence electrons. The van der Waals surface area contributed by atoms with Crippen LogP contribution in [0.15, 0.2) is 48.5 Å². The standard InChI is InChI=1S/C16H17NO3/c1-20-15-9-5-3-7-13(15)11-17-10-12-6-2-4-8-14(12)16(18)19/h2-9,17H,10-11H2,1H3,(H,18,19). The lowest BCUT2D eigenvalue weighted by atomic mass is 10.1. The number of rotatable bonds is 6. The number of carboxylic acids is 1. The van der Waals surface area contributed by atoms with Crippen LogP contribution < -0.4 is 10.1 Å². The first-order valence-corrected chi connectivity index (χ1v) is 6.36. The number of carbonyl (C=O) groups is 1.